The van der Waals surface area contributed by atoms with Crippen LogP contribution in [-0.4, -0.2) is 35.0 Å². The second kappa shape index (κ2) is 4.46. The number of carbonyl (C=O) groups excluding carboxylic acids is 1. The molecule has 0 aromatic heterocycles. The summed E-state index contributed by atoms with van der Waals surface area (Å²) in [6, 6.07) is 0. The topological polar surface area (TPSA) is 66.8 Å². The van der Waals surface area contributed by atoms with Crippen molar-refractivity contribution in [3.05, 3.63) is 24.3 Å². The van der Waals surface area contributed by atoms with Gasteiger partial charge in [-0.05, 0) is 25.2 Å². The first-order chi connectivity index (χ1) is 9.04. The molecule has 0 aromatic rings. The fraction of sp³-hybridized carbons (Fsp3) is 0.667. The number of fused-ring (bicyclic) bond motifs is 3. The molecule has 104 valence electrons. The number of allylic oxidation sites excluding steroid dienone is 1. The molecule has 0 radical (unpaired) electrons. The lowest BCUT2D eigenvalue weighted by atomic mass is 9.79. The summed E-state index contributed by atoms with van der Waals surface area (Å²) in [6.07, 6.45) is 1.49. The lowest BCUT2D eigenvalue weighted by molar-refractivity contribution is -0.143. The molecule has 2 N–H and O–H groups in total. The van der Waals surface area contributed by atoms with Gasteiger partial charge in [-0.1, -0.05) is 18.7 Å². The molecular weight excluding hydrogens is 244 g/mol. The van der Waals surface area contributed by atoms with Gasteiger partial charge in [0.15, 0.2) is 0 Å². The summed E-state index contributed by atoms with van der Waals surface area (Å²) in [4.78, 5) is 11.7. The van der Waals surface area contributed by atoms with E-state index in [4.69, 9.17) is 4.74 Å². The standard InChI is InChI=1S/C15H20O4/c1-7-3-4-9-8(2)15(18)19-14(9)13-10(7)5-12(17)11(13)6-16/h9-14,16-17H,1-6H2/t9-,10-,11+,12-,13+,14-/m0/s1. The van der Waals surface area contributed by atoms with E-state index in [1.54, 1.807) is 0 Å². The van der Waals surface area contributed by atoms with Gasteiger partial charge < -0.3 is 14.9 Å². The van der Waals surface area contributed by atoms with Crippen LogP contribution in [0.2, 0.25) is 0 Å². The van der Waals surface area contributed by atoms with Crippen LogP contribution < -0.4 is 0 Å². The second-order valence-electron chi connectivity index (χ2n) is 6.03. The summed E-state index contributed by atoms with van der Waals surface area (Å²) >= 11 is 0. The van der Waals surface area contributed by atoms with E-state index in [-0.39, 0.29) is 42.4 Å². The molecule has 3 fully saturated rings. The first kappa shape index (κ1) is 12.9. The van der Waals surface area contributed by atoms with E-state index in [1.807, 2.05) is 0 Å². The lowest BCUT2D eigenvalue weighted by Gasteiger charge is -2.29. The highest BCUT2D eigenvalue weighted by atomic mass is 16.6. The van der Waals surface area contributed by atoms with Crippen LogP contribution in [0.15, 0.2) is 24.3 Å². The van der Waals surface area contributed by atoms with Crippen molar-refractivity contribution < 1.29 is 19.7 Å². The fourth-order valence-electron chi connectivity index (χ4n) is 4.14. The molecule has 3 aliphatic rings. The third kappa shape index (κ3) is 1.77. The normalized spacial score (nSPS) is 45.7. The van der Waals surface area contributed by atoms with Crippen LogP contribution in [-0.2, 0) is 9.53 Å². The number of esters is 1. The molecule has 4 nitrogen and oxygen atoms in total. The molecule has 1 aliphatic heterocycles. The monoisotopic (exact) mass is 264 g/mol. The molecule has 0 spiro atoms. The van der Waals surface area contributed by atoms with Crippen molar-refractivity contribution in [2.75, 3.05) is 6.61 Å². The van der Waals surface area contributed by atoms with Crippen molar-refractivity contribution in [2.24, 2.45) is 23.7 Å². The van der Waals surface area contributed by atoms with Gasteiger partial charge in [-0.2, -0.15) is 0 Å². The van der Waals surface area contributed by atoms with Crippen molar-refractivity contribution in [3.63, 3.8) is 0 Å². The summed E-state index contributed by atoms with van der Waals surface area (Å²) in [5, 5.41) is 19.7. The minimum atomic E-state index is -0.539. The molecule has 6 atom stereocenters. The SMILES string of the molecule is C=C1C(=O)O[C@@H]2[C@H]3[C@H](CO)[C@@H](O)C[C@H]3C(=C)CC[C@@H]12. The maximum atomic E-state index is 11.7. The van der Waals surface area contributed by atoms with Gasteiger partial charge in [0.1, 0.15) is 6.10 Å². The first-order valence-corrected chi connectivity index (χ1v) is 6.91. The molecule has 0 bridgehead atoms. The fourth-order valence-corrected chi connectivity index (χ4v) is 4.14. The Bertz CT molecular complexity index is 441. The van der Waals surface area contributed by atoms with Gasteiger partial charge >= 0.3 is 5.97 Å². The smallest absolute Gasteiger partial charge is 0.334 e. The Hall–Kier alpha value is -1.13. The Morgan fingerprint density at radius 3 is 2.74 bits per heavy atom. The molecule has 0 amide bonds. The van der Waals surface area contributed by atoms with Crippen LogP contribution in [0, 0.1) is 23.7 Å². The average Bonchev–Trinajstić information content (AvgIpc) is 2.81. The van der Waals surface area contributed by atoms with E-state index in [2.05, 4.69) is 13.2 Å². The quantitative estimate of drug-likeness (QED) is 0.422. The summed E-state index contributed by atoms with van der Waals surface area (Å²) in [5.74, 6) is -0.423. The largest absolute Gasteiger partial charge is 0.458 e. The average molecular weight is 264 g/mol. The van der Waals surface area contributed by atoms with Crippen LogP contribution in [0.4, 0.5) is 0 Å². The van der Waals surface area contributed by atoms with Gasteiger partial charge in [-0.25, -0.2) is 4.79 Å². The van der Waals surface area contributed by atoms with Crippen LogP contribution in [0.1, 0.15) is 19.3 Å². The Balaban J connectivity index is 1.99. The highest BCUT2D eigenvalue weighted by molar-refractivity contribution is 5.90. The molecule has 3 rings (SSSR count). The van der Waals surface area contributed by atoms with E-state index in [1.165, 1.54) is 0 Å². The van der Waals surface area contributed by atoms with Gasteiger partial charge in [-0.3, -0.25) is 0 Å². The minimum Gasteiger partial charge on any atom is -0.458 e. The van der Waals surface area contributed by atoms with Crippen LogP contribution in [0.3, 0.4) is 0 Å². The predicted molar refractivity (Wildman–Crippen MR) is 69.1 cm³/mol. The van der Waals surface area contributed by atoms with Crippen molar-refractivity contribution in [3.8, 4) is 0 Å². The molecule has 1 heterocycles. The molecule has 1 saturated heterocycles. The van der Waals surface area contributed by atoms with Gasteiger partial charge in [0.25, 0.3) is 0 Å². The summed E-state index contributed by atoms with van der Waals surface area (Å²) < 4.78 is 5.50. The molecule has 19 heavy (non-hydrogen) atoms. The van der Waals surface area contributed by atoms with Crippen LogP contribution in [0.25, 0.3) is 0 Å². The van der Waals surface area contributed by atoms with E-state index < -0.39 is 6.10 Å². The summed E-state index contributed by atoms with van der Waals surface area (Å²) in [7, 11) is 0. The number of carbonyl (C=O) groups is 1. The zero-order valence-corrected chi connectivity index (χ0v) is 10.9. The molecule has 2 aliphatic carbocycles. The Labute approximate surface area is 112 Å². The van der Waals surface area contributed by atoms with Gasteiger partial charge in [0.05, 0.1) is 6.10 Å². The van der Waals surface area contributed by atoms with E-state index >= 15 is 0 Å². The summed E-state index contributed by atoms with van der Waals surface area (Å²) in [6.45, 7) is 7.89. The number of aliphatic hydroxyl groups excluding tert-OH is 2. The maximum absolute atomic E-state index is 11.7. The third-order valence-corrected chi connectivity index (χ3v) is 5.19. The molecule has 0 unspecified atom stereocenters. The first-order valence-electron chi connectivity index (χ1n) is 6.91. The van der Waals surface area contributed by atoms with Crippen molar-refractivity contribution in [1.82, 2.24) is 0 Å². The zero-order chi connectivity index (χ0) is 13.7. The number of aliphatic hydroxyl groups is 2. The number of hydrogen-bond donors (Lipinski definition) is 2. The Kier molecular flexibility index (Phi) is 3.02. The van der Waals surface area contributed by atoms with Gasteiger partial charge in [-0.15, -0.1) is 0 Å². The minimum absolute atomic E-state index is 0.0126. The van der Waals surface area contributed by atoms with Crippen LogP contribution in [0.5, 0.6) is 0 Å². The van der Waals surface area contributed by atoms with E-state index in [0.717, 1.165) is 18.4 Å². The van der Waals surface area contributed by atoms with E-state index in [9.17, 15) is 15.0 Å². The Morgan fingerprint density at radius 2 is 2.05 bits per heavy atom. The zero-order valence-electron chi connectivity index (χ0n) is 10.9. The molecule has 0 aromatic carbocycles. The molecule has 4 heteroatoms. The third-order valence-electron chi connectivity index (χ3n) is 5.19. The van der Waals surface area contributed by atoms with Crippen LogP contribution >= 0.6 is 0 Å². The highest BCUT2D eigenvalue weighted by Gasteiger charge is 2.55. The van der Waals surface area contributed by atoms with Gasteiger partial charge in [0, 0.05) is 29.9 Å². The predicted octanol–water partition coefficient (Wildman–Crippen LogP) is 1.04. The summed E-state index contributed by atoms with van der Waals surface area (Å²) in [5.41, 5.74) is 1.65. The van der Waals surface area contributed by atoms with Gasteiger partial charge in [0.2, 0.25) is 0 Å². The van der Waals surface area contributed by atoms with Crippen molar-refractivity contribution in [1.29, 1.82) is 0 Å². The molecular formula is C15H20O4. The lowest BCUT2D eigenvalue weighted by Crippen LogP contribution is -2.35. The van der Waals surface area contributed by atoms with Crippen molar-refractivity contribution >= 4 is 5.97 Å². The van der Waals surface area contributed by atoms with Crippen molar-refractivity contribution in [2.45, 2.75) is 31.5 Å². The maximum Gasteiger partial charge on any atom is 0.334 e. The Morgan fingerprint density at radius 1 is 1.32 bits per heavy atom. The number of ether oxygens (including phenoxy) is 1. The van der Waals surface area contributed by atoms with E-state index in [0.29, 0.717) is 12.0 Å². The number of rotatable bonds is 1. The highest BCUT2D eigenvalue weighted by Crippen LogP contribution is 2.52. The second-order valence-corrected chi connectivity index (χ2v) is 6.03. The number of hydrogen-bond acceptors (Lipinski definition) is 4. The molecule has 2 saturated carbocycles.